The molecule has 0 N–H and O–H groups in total. The summed E-state index contributed by atoms with van der Waals surface area (Å²) in [5, 5.41) is 0.884. The van der Waals surface area contributed by atoms with Crippen molar-refractivity contribution >= 4 is 27.5 Å². The summed E-state index contributed by atoms with van der Waals surface area (Å²) >= 11 is 3.47. The van der Waals surface area contributed by atoms with Gasteiger partial charge in [0.05, 0.1) is 0 Å². The molecule has 21 heavy (non-hydrogen) atoms. The van der Waals surface area contributed by atoms with Crippen molar-refractivity contribution in [3.63, 3.8) is 0 Å². The van der Waals surface area contributed by atoms with Crippen LogP contribution in [0.25, 0.3) is 0 Å². The molecule has 0 radical (unpaired) electrons. The number of carbonyl (C=O) groups excluding carboxylic acids is 1. The third-order valence-corrected chi connectivity index (χ3v) is 4.74. The normalized spacial score (nSPS) is 18.2. The lowest BCUT2D eigenvalue weighted by molar-refractivity contribution is -0.117. The first-order valence-electron chi connectivity index (χ1n) is 7.10. The van der Waals surface area contributed by atoms with Crippen LogP contribution >= 0.6 is 15.9 Å². The lowest BCUT2D eigenvalue weighted by Gasteiger charge is -2.17. The molecule has 0 bridgehead atoms. The third-order valence-electron chi connectivity index (χ3n) is 3.83. The molecular weight excluding hydrogens is 328 g/mol. The molecule has 3 nitrogen and oxygen atoms in total. The maximum atomic E-state index is 12.0. The predicted molar refractivity (Wildman–Crippen MR) is 87.7 cm³/mol. The number of nitrogens with zero attached hydrogens (tertiary/aromatic N) is 2. The first-order chi connectivity index (χ1) is 10.3. The molecule has 2 aromatic rings. The molecule has 1 aliphatic rings. The Hall–Kier alpha value is -1.68. The Morgan fingerprint density at radius 2 is 1.76 bits per heavy atom. The van der Waals surface area contributed by atoms with E-state index < -0.39 is 0 Å². The second-order valence-corrected chi connectivity index (χ2v) is 6.07. The molecule has 1 aromatic heterocycles. The fourth-order valence-electron chi connectivity index (χ4n) is 2.66. The highest BCUT2D eigenvalue weighted by Crippen LogP contribution is 2.26. The van der Waals surface area contributed by atoms with Crippen LogP contribution in [0.4, 0.5) is 5.69 Å². The van der Waals surface area contributed by atoms with Gasteiger partial charge in [-0.05, 0) is 47.7 Å². The Balaban J connectivity index is 1.71. The van der Waals surface area contributed by atoms with Crippen molar-refractivity contribution in [2.75, 3.05) is 16.8 Å². The van der Waals surface area contributed by atoms with Gasteiger partial charge in [-0.1, -0.05) is 28.1 Å². The van der Waals surface area contributed by atoms with Crippen molar-refractivity contribution in [2.24, 2.45) is 5.92 Å². The van der Waals surface area contributed by atoms with E-state index in [1.54, 1.807) is 0 Å². The van der Waals surface area contributed by atoms with Crippen molar-refractivity contribution in [2.45, 2.75) is 12.8 Å². The highest BCUT2D eigenvalue weighted by molar-refractivity contribution is 9.09. The number of anilines is 1. The first kappa shape index (κ1) is 14.3. The number of hydrogen-bond acceptors (Lipinski definition) is 2. The highest BCUT2D eigenvalue weighted by Gasteiger charge is 2.29. The Morgan fingerprint density at radius 3 is 2.38 bits per heavy atom. The van der Waals surface area contributed by atoms with Crippen LogP contribution in [0.3, 0.4) is 0 Å². The van der Waals surface area contributed by atoms with Gasteiger partial charge in [-0.15, -0.1) is 0 Å². The molecule has 3 rings (SSSR count). The van der Waals surface area contributed by atoms with Crippen LogP contribution in [0, 0.1) is 5.92 Å². The standard InChI is InChI=1S/C17H17BrN2O/c18-11-15-10-17(21)20(12-15)16-3-1-13(2-4-16)9-14-5-7-19-8-6-14/h1-8,15H,9-12H2. The van der Waals surface area contributed by atoms with Crippen LogP contribution in [-0.4, -0.2) is 22.8 Å². The number of pyridine rings is 1. The van der Waals surface area contributed by atoms with Crippen molar-refractivity contribution in [3.05, 3.63) is 59.9 Å². The average molecular weight is 345 g/mol. The summed E-state index contributed by atoms with van der Waals surface area (Å²) in [6.07, 6.45) is 5.16. The fraction of sp³-hybridized carbons (Fsp3) is 0.294. The number of amides is 1. The Morgan fingerprint density at radius 1 is 1.10 bits per heavy atom. The Labute approximate surface area is 133 Å². The molecule has 108 valence electrons. The molecule has 4 heteroatoms. The molecule has 0 aliphatic carbocycles. The van der Waals surface area contributed by atoms with E-state index in [1.165, 1.54) is 11.1 Å². The van der Waals surface area contributed by atoms with Crippen LogP contribution in [0.15, 0.2) is 48.8 Å². The lowest BCUT2D eigenvalue weighted by Crippen LogP contribution is -2.24. The molecule has 1 fully saturated rings. The molecule has 0 saturated carbocycles. The molecule has 1 unspecified atom stereocenters. The summed E-state index contributed by atoms with van der Waals surface area (Å²) in [6.45, 7) is 0.813. The molecular formula is C17H17BrN2O. The summed E-state index contributed by atoms with van der Waals surface area (Å²) in [5.74, 6) is 0.648. The van der Waals surface area contributed by atoms with E-state index in [0.29, 0.717) is 12.3 Å². The maximum Gasteiger partial charge on any atom is 0.227 e. The number of alkyl halides is 1. The second-order valence-electron chi connectivity index (χ2n) is 5.43. The quantitative estimate of drug-likeness (QED) is 0.796. The number of hydrogen-bond donors (Lipinski definition) is 0. The van der Waals surface area contributed by atoms with Gasteiger partial charge in [0.15, 0.2) is 0 Å². The second kappa shape index (κ2) is 6.39. The SMILES string of the molecule is O=C1CC(CBr)CN1c1ccc(Cc2ccncc2)cc1. The fourth-order valence-corrected chi connectivity index (χ4v) is 3.10. The minimum atomic E-state index is 0.223. The van der Waals surface area contributed by atoms with E-state index in [9.17, 15) is 4.79 Å². The zero-order valence-corrected chi connectivity index (χ0v) is 13.3. The molecule has 1 aliphatic heterocycles. The van der Waals surface area contributed by atoms with Gasteiger partial charge in [0.1, 0.15) is 0 Å². The van der Waals surface area contributed by atoms with E-state index in [-0.39, 0.29) is 5.91 Å². The molecule has 1 amide bonds. The molecule has 1 atom stereocenters. The summed E-state index contributed by atoms with van der Waals surface area (Å²) in [7, 11) is 0. The van der Waals surface area contributed by atoms with Crippen LogP contribution in [0.1, 0.15) is 17.5 Å². The number of benzene rings is 1. The van der Waals surface area contributed by atoms with E-state index in [4.69, 9.17) is 0 Å². The van der Waals surface area contributed by atoms with Crippen LogP contribution in [0.5, 0.6) is 0 Å². The summed E-state index contributed by atoms with van der Waals surface area (Å²) < 4.78 is 0. The van der Waals surface area contributed by atoms with Crippen molar-refractivity contribution < 1.29 is 4.79 Å². The van der Waals surface area contributed by atoms with Gasteiger partial charge < -0.3 is 4.90 Å². The minimum Gasteiger partial charge on any atom is -0.312 e. The number of halogens is 1. The summed E-state index contributed by atoms with van der Waals surface area (Å²) in [4.78, 5) is 17.9. The lowest BCUT2D eigenvalue weighted by atomic mass is 10.1. The number of rotatable bonds is 4. The van der Waals surface area contributed by atoms with Gasteiger partial charge in [-0.25, -0.2) is 0 Å². The minimum absolute atomic E-state index is 0.223. The van der Waals surface area contributed by atoms with Gasteiger partial charge in [0, 0.05) is 36.4 Å². The van der Waals surface area contributed by atoms with E-state index in [0.717, 1.165) is 24.0 Å². The maximum absolute atomic E-state index is 12.0. The topological polar surface area (TPSA) is 33.2 Å². The van der Waals surface area contributed by atoms with Gasteiger partial charge in [-0.3, -0.25) is 9.78 Å². The van der Waals surface area contributed by atoms with Gasteiger partial charge in [-0.2, -0.15) is 0 Å². The van der Waals surface area contributed by atoms with Crippen LogP contribution < -0.4 is 4.90 Å². The number of aromatic nitrogens is 1. The van der Waals surface area contributed by atoms with Gasteiger partial charge in [0.25, 0.3) is 0 Å². The number of carbonyl (C=O) groups is 1. The monoisotopic (exact) mass is 344 g/mol. The van der Waals surface area contributed by atoms with Crippen molar-refractivity contribution in [1.29, 1.82) is 0 Å². The largest absolute Gasteiger partial charge is 0.312 e. The van der Waals surface area contributed by atoms with E-state index in [2.05, 4.69) is 33.0 Å². The summed E-state index contributed by atoms with van der Waals surface area (Å²) in [5.41, 5.74) is 3.49. The predicted octanol–water partition coefficient (Wildman–Crippen LogP) is 3.42. The highest BCUT2D eigenvalue weighted by atomic mass is 79.9. The van der Waals surface area contributed by atoms with E-state index in [1.807, 2.05) is 41.6 Å². The smallest absolute Gasteiger partial charge is 0.227 e. The zero-order chi connectivity index (χ0) is 14.7. The molecule has 2 heterocycles. The third kappa shape index (κ3) is 3.32. The first-order valence-corrected chi connectivity index (χ1v) is 8.22. The van der Waals surface area contributed by atoms with E-state index >= 15 is 0 Å². The zero-order valence-electron chi connectivity index (χ0n) is 11.7. The Kier molecular flexibility index (Phi) is 4.34. The van der Waals surface area contributed by atoms with Gasteiger partial charge in [0.2, 0.25) is 5.91 Å². The Bertz CT molecular complexity index is 612. The molecule has 1 saturated heterocycles. The van der Waals surface area contributed by atoms with Crippen LogP contribution in [-0.2, 0) is 11.2 Å². The average Bonchev–Trinajstić information content (AvgIpc) is 2.90. The molecule has 1 aromatic carbocycles. The van der Waals surface area contributed by atoms with Crippen molar-refractivity contribution in [3.8, 4) is 0 Å². The van der Waals surface area contributed by atoms with Crippen molar-refractivity contribution in [1.82, 2.24) is 4.98 Å². The molecule has 0 spiro atoms. The summed E-state index contributed by atoms with van der Waals surface area (Å²) in [6, 6.07) is 12.3. The van der Waals surface area contributed by atoms with Crippen LogP contribution in [0.2, 0.25) is 0 Å². The van der Waals surface area contributed by atoms with Gasteiger partial charge >= 0.3 is 0 Å².